The van der Waals surface area contributed by atoms with Crippen molar-refractivity contribution in [1.82, 2.24) is 0 Å². The molecular weight excluding hydrogens is 773 g/mol. The first kappa shape index (κ1) is 55.6. The smallest absolute Gasteiger partial charge is 0.306 e. The number of carbonyl (C=O) groups is 2. The second-order valence-electron chi connectivity index (χ2n) is 15.5. The van der Waals surface area contributed by atoms with Gasteiger partial charge in [-0.05, 0) is 96.3 Å². The van der Waals surface area contributed by atoms with E-state index in [0.717, 1.165) is 64.2 Å². The number of rotatable bonds is 37. The summed E-state index contributed by atoms with van der Waals surface area (Å²) in [6.07, 6.45) is 47.0. The Morgan fingerprint density at radius 2 is 0.934 bits per heavy atom. The molecule has 10 nitrogen and oxygen atoms in total. The number of carbonyl (C=O) groups excluding carboxylic acids is 2. The van der Waals surface area contributed by atoms with Crippen LogP contribution in [0.2, 0.25) is 0 Å². The monoisotopic (exact) mass is 855 g/mol. The van der Waals surface area contributed by atoms with Gasteiger partial charge in [0.15, 0.2) is 12.4 Å². The summed E-state index contributed by atoms with van der Waals surface area (Å²) >= 11 is 0. The van der Waals surface area contributed by atoms with Crippen molar-refractivity contribution in [3.05, 3.63) is 97.2 Å². The second-order valence-corrected chi connectivity index (χ2v) is 15.5. The molecule has 0 bridgehead atoms. The van der Waals surface area contributed by atoms with E-state index in [4.69, 9.17) is 18.9 Å². The number of hydrogen-bond acceptors (Lipinski definition) is 10. The Labute approximate surface area is 368 Å². The molecular formula is C51H82O10. The van der Waals surface area contributed by atoms with Crippen LogP contribution in [0, 0.1) is 0 Å². The van der Waals surface area contributed by atoms with Gasteiger partial charge in [-0.15, -0.1) is 0 Å². The summed E-state index contributed by atoms with van der Waals surface area (Å²) in [6.45, 7) is 3.26. The van der Waals surface area contributed by atoms with Gasteiger partial charge in [-0.2, -0.15) is 0 Å². The minimum atomic E-state index is -1.62. The first-order valence-electron chi connectivity index (χ1n) is 23.3. The summed E-state index contributed by atoms with van der Waals surface area (Å²) in [5.41, 5.74) is 0. The Kier molecular flexibility index (Phi) is 37.1. The molecule has 0 saturated carbocycles. The highest BCUT2D eigenvalue weighted by molar-refractivity contribution is 5.70. The molecule has 0 radical (unpaired) electrons. The SMILES string of the molecule is CCCCC/C=C/C/C=C/C/C=C/C/C=C/CCCCCC(=O)O[C@H](COC(=O)CCC/C=C/C/C=C/C/C=C/C/C=C/CCCCC)CO[C@@H]1O[C@H](CO)[C@H](O)C(O)C1O. The lowest BCUT2D eigenvalue weighted by atomic mass is 9.99. The van der Waals surface area contributed by atoms with Crippen LogP contribution in [0.15, 0.2) is 97.2 Å². The number of ether oxygens (including phenoxy) is 4. The summed E-state index contributed by atoms with van der Waals surface area (Å²) < 4.78 is 22.1. The fraction of sp³-hybridized carbons (Fsp3) is 0.647. The van der Waals surface area contributed by atoms with E-state index < -0.39 is 55.4 Å². The van der Waals surface area contributed by atoms with Crippen LogP contribution in [0.4, 0.5) is 0 Å². The van der Waals surface area contributed by atoms with Gasteiger partial charge in [0.1, 0.15) is 31.0 Å². The highest BCUT2D eigenvalue weighted by Gasteiger charge is 2.44. The van der Waals surface area contributed by atoms with Crippen LogP contribution >= 0.6 is 0 Å². The van der Waals surface area contributed by atoms with E-state index in [9.17, 15) is 30.0 Å². The van der Waals surface area contributed by atoms with Gasteiger partial charge in [-0.1, -0.05) is 143 Å². The average Bonchev–Trinajstić information content (AvgIpc) is 3.26. The molecule has 1 saturated heterocycles. The molecule has 0 aromatic carbocycles. The minimum Gasteiger partial charge on any atom is -0.462 e. The summed E-state index contributed by atoms with van der Waals surface area (Å²) in [4.78, 5) is 25.3. The van der Waals surface area contributed by atoms with Crippen LogP contribution in [-0.2, 0) is 28.5 Å². The molecule has 346 valence electrons. The van der Waals surface area contributed by atoms with Gasteiger partial charge in [-0.3, -0.25) is 9.59 Å². The zero-order valence-corrected chi connectivity index (χ0v) is 37.6. The lowest BCUT2D eigenvalue weighted by molar-refractivity contribution is -0.305. The van der Waals surface area contributed by atoms with E-state index in [0.29, 0.717) is 19.3 Å². The summed E-state index contributed by atoms with van der Waals surface area (Å²) in [5.74, 6) is -0.918. The zero-order chi connectivity index (χ0) is 44.4. The molecule has 1 aliphatic rings. The topological polar surface area (TPSA) is 152 Å². The standard InChI is InChI=1S/C51H82O10/c1-3-5-7-9-11-13-15-17-19-21-22-24-26-28-30-32-34-36-38-40-47(54)60-44(43-59-51-50(57)49(56)48(55)45(41-52)61-51)42-58-46(53)39-37-35-33-31-29-27-25-23-20-18-16-14-12-10-8-6-4-2/h11-14,17-20,22,24-25,27-28,30-31,33,44-45,48-52,55-57H,3-10,15-16,21,23,26,29,32,34-43H2,1-2H3/b13-11+,14-12+,19-17+,20-18+,24-22+,27-25+,30-28+,33-31+/t44-,45-,48+,49?,50?,51-/m1/s1. The van der Waals surface area contributed by atoms with Crippen molar-refractivity contribution in [2.24, 2.45) is 0 Å². The highest BCUT2D eigenvalue weighted by atomic mass is 16.7. The van der Waals surface area contributed by atoms with Crippen molar-refractivity contribution in [2.75, 3.05) is 19.8 Å². The minimum absolute atomic E-state index is 0.175. The zero-order valence-electron chi connectivity index (χ0n) is 37.6. The maximum atomic E-state index is 12.8. The van der Waals surface area contributed by atoms with Crippen LogP contribution in [0.5, 0.6) is 0 Å². The van der Waals surface area contributed by atoms with Crippen molar-refractivity contribution in [2.45, 2.75) is 192 Å². The molecule has 0 spiro atoms. The largest absolute Gasteiger partial charge is 0.462 e. The van der Waals surface area contributed by atoms with Crippen molar-refractivity contribution in [3.8, 4) is 0 Å². The molecule has 1 rings (SSSR count). The molecule has 6 atom stereocenters. The molecule has 0 aromatic rings. The number of aliphatic hydroxyl groups excluding tert-OH is 4. The van der Waals surface area contributed by atoms with Crippen molar-refractivity contribution < 1.29 is 49.0 Å². The van der Waals surface area contributed by atoms with E-state index >= 15 is 0 Å². The number of aliphatic hydroxyl groups is 4. The van der Waals surface area contributed by atoms with Crippen LogP contribution < -0.4 is 0 Å². The van der Waals surface area contributed by atoms with Crippen LogP contribution in [0.3, 0.4) is 0 Å². The third-order valence-corrected chi connectivity index (χ3v) is 9.94. The Morgan fingerprint density at radius 1 is 0.508 bits per heavy atom. The molecule has 0 aromatic heterocycles. The van der Waals surface area contributed by atoms with Crippen LogP contribution in [0.25, 0.3) is 0 Å². The van der Waals surface area contributed by atoms with E-state index in [1.165, 1.54) is 44.9 Å². The second kappa shape index (κ2) is 40.7. The van der Waals surface area contributed by atoms with Crippen molar-refractivity contribution >= 4 is 11.9 Å². The van der Waals surface area contributed by atoms with E-state index in [-0.39, 0.29) is 26.1 Å². The predicted octanol–water partition coefficient (Wildman–Crippen LogP) is 10.3. The van der Waals surface area contributed by atoms with Gasteiger partial charge in [0.25, 0.3) is 0 Å². The third kappa shape index (κ3) is 32.0. The molecule has 0 aliphatic carbocycles. The normalized spacial score (nSPS) is 20.7. The number of unbranched alkanes of at least 4 members (excludes halogenated alkanes) is 10. The highest BCUT2D eigenvalue weighted by Crippen LogP contribution is 2.22. The molecule has 1 heterocycles. The lowest BCUT2D eigenvalue weighted by Crippen LogP contribution is -2.59. The Morgan fingerprint density at radius 3 is 1.39 bits per heavy atom. The lowest BCUT2D eigenvalue weighted by Gasteiger charge is -2.39. The van der Waals surface area contributed by atoms with Gasteiger partial charge in [0.2, 0.25) is 0 Å². The quantitative estimate of drug-likeness (QED) is 0.0270. The Bertz CT molecular complexity index is 1310. The summed E-state index contributed by atoms with van der Waals surface area (Å²) in [5, 5.41) is 40.1. The number of allylic oxidation sites excluding steroid dienone is 16. The fourth-order valence-corrected chi connectivity index (χ4v) is 6.22. The molecule has 10 heteroatoms. The van der Waals surface area contributed by atoms with Crippen molar-refractivity contribution in [3.63, 3.8) is 0 Å². The van der Waals surface area contributed by atoms with E-state index in [1.54, 1.807) is 0 Å². The number of hydrogen-bond donors (Lipinski definition) is 4. The first-order valence-corrected chi connectivity index (χ1v) is 23.3. The Balaban J connectivity index is 2.40. The molecule has 4 N–H and O–H groups in total. The van der Waals surface area contributed by atoms with Crippen molar-refractivity contribution in [1.29, 1.82) is 0 Å². The average molecular weight is 855 g/mol. The van der Waals surface area contributed by atoms with Gasteiger partial charge in [0.05, 0.1) is 13.2 Å². The molecule has 61 heavy (non-hydrogen) atoms. The molecule has 2 unspecified atom stereocenters. The third-order valence-electron chi connectivity index (χ3n) is 9.94. The Hall–Kier alpha value is -3.38. The predicted molar refractivity (Wildman–Crippen MR) is 247 cm³/mol. The van der Waals surface area contributed by atoms with Gasteiger partial charge >= 0.3 is 11.9 Å². The maximum absolute atomic E-state index is 12.8. The fourth-order valence-electron chi connectivity index (χ4n) is 6.22. The maximum Gasteiger partial charge on any atom is 0.306 e. The summed E-state index contributed by atoms with van der Waals surface area (Å²) in [7, 11) is 0. The van der Waals surface area contributed by atoms with Crippen LogP contribution in [0.1, 0.15) is 155 Å². The van der Waals surface area contributed by atoms with E-state index in [2.05, 4.69) is 105 Å². The van der Waals surface area contributed by atoms with E-state index in [1.807, 2.05) is 6.08 Å². The molecule has 1 aliphatic heterocycles. The van der Waals surface area contributed by atoms with Crippen LogP contribution in [-0.4, -0.2) is 89.0 Å². The van der Waals surface area contributed by atoms with Gasteiger partial charge in [0, 0.05) is 12.8 Å². The van der Waals surface area contributed by atoms with Gasteiger partial charge in [-0.25, -0.2) is 0 Å². The van der Waals surface area contributed by atoms with Gasteiger partial charge < -0.3 is 39.4 Å². The number of esters is 2. The molecule has 1 fully saturated rings. The molecule has 0 amide bonds. The summed E-state index contributed by atoms with van der Waals surface area (Å²) in [6, 6.07) is 0. The first-order chi connectivity index (χ1) is 29.8.